The van der Waals surface area contributed by atoms with E-state index in [4.69, 9.17) is 4.74 Å². The number of carbonyl (C=O) groups is 1. The Morgan fingerprint density at radius 2 is 2.26 bits per heavy atom. The minimum absolute atomic E-state index is 0.0399. The van der Waals surface area contributed by atoms with Gasteiger partial charge in [0.25, 0.3) is 0 Å². The summed E-state index contributed by atoms with van der Waals surface area (Å²) in [5, 5.41) is 3.57. The fourth-order valence-electron chi connectivity index (χ4n) is 3.60. The lowest BCUT2D eigenvalue weighted by molar-refractivity contribution is -0.148. The minimum atomic E-state index is -0.0679. The molecule has 0 amide bonds. The molecule has 2 fully saturated rings. The van der Waals surface area contributed by atoms with Crippen molar-refractivity contribution in [2.24, 2.45) is 5.92 Å². The lowest BCUT2D eigenvalue weighted by Gasteiger charge is -2.36. The standard InChI is InChI=1S/C15H18INO2/c1-19-15(18)14-12(8-11-5-6-13(14)17-11)9-3-2-4-10(16)7-9/h2-4,7,11-14,17H,5-6,8H2,1H3/t11-,12-,13?,14?/m1/s1. The first-order chi connectivity index (χ1) is 9.19. The molecule has 2 bridgehead atoms. The predicted octanol–water partition coefficient (Wildman–Crippen LogP) is 2.69. The number of benzene rings is 1. The van der Waals surface area contributed by atoms with Crippen LogP contribution in [0.4, 0.5) is 0 Å². The molecule has 2 unspecified atom stereocenters. The van der Waals surface area contributed by atoms with Gasteiger partial charge in [0, 0.05) is 21.6 Å². The average Bonchev–Trinajstić information content (AvgIpc) is 2.79. The largest absolute Gasteiger partial charge is 0.469 e. The number of ether oxygens (including phenoxy) is 1. The van der Waals surface area contributed by atoms with E-state index in [2.05, 4.69) is 52.2 Å². The Morgan fingerprint density at radius 1 is 1.42 bits per heavy atom. The van der Waals surface area contributed by atoms with E-state index in [0.29, 0.717) is 12.0 Å². The maximum absolute atomic E-state index is 12.2. The van der Waals surface area contributed by atoms with Crippen LogP contribution in [0.15, 0.2) is 24.3 Å². The summed E-state index contributed by atoms with van der Waals surface area (Å²) in [5.41, 5.74) is 1.28. The van der Waals surface area contributed by atoms with Crippen molar-refractivity contribution >= 4 is 28.6 Å². The van der Waals surface area contributed by atoms with Crippen molar-refractivity contribution in [3.63, 3.8) is 0 Å². The van der Waals surface area contributed by atoms with Crippen LogP contribution in [0.2, 0.25) is 0 Å². The van der Waals surface area contributed by atoms with Gasteiger partial charge in [0.2, 0.25) is 0 Å². The molecule has 3 rings (SSSR count). The number of hydrogen-bond acceptors (Lipinski definition) is 3. The minimum Gasteiger partial charge on any atom is -0.469 e. The predicted molar refractivity (Wildman–Crippen MR) is 82.0 cm³/mol. The molecule has 2 saturated heterocycles. The molecule has 1 aromatic rings. The molecule has 4 atom stereocenters. The summed E-state index contributed by atoms with van der Waals surface area (Å²) >= 11 is 2.33. The lowest BCUT2D eigenvalue weighted by Crippen LogP contribution is -2.48. The van der Waals surface area contributed by atoms with Gasteiger partial charge in [-0.3, -0.25) is 4.79 Å². The number of halogens is 1. The van der Waals surface area contributed by atoms with E-state index in [9.17, 15) is 4.79 Å². The fraction of sp³-hybridized carbons (Fsp3) is 0.533. The molecule has 4 heteroatoms. The zero-order chi connectivity index (χ0) is 13.4. The first kappa shape index (κ1) is 13.4. The molecule has 19 heavy (non-hydrogen) atoms. The third-order valence-corrected chi connectivity index (χ3v) is 5.10. The number of hydrogen-bond donors (Lipinski definition) is 1. The summed E-state index contributed by atoms with van der Waals surface area (Å²) in [6.07, 6.45) is 3.31. The lowest BCUT2D eigenvalue weighted by atomic mass is 9.77. The second kappa shape index (κ2) is 5.40. The van der Waals surface area contributed by atoms with Crippen molar-refractivity contribution in [1.82, 2.24) is 5.32 Å². The van der Waals surface area contributed by atoms with Crippen LogP contribution >= 0.6 is 22.6 Å². The van der Waals surface area contributed by atoms with E-state index in [1.54, 1.807) is 0 Å². The van der Waals surface area contributed by atoms with Gasteiger partial charge in [0.05, 0.1) is 13.0 Å². The maximum Gasteiger partial charge on any atom is 0.310 e. The highest BCUT2D eigenvalue weighted by molar-refractivity contribution is 14.1. The van der Waals surface area contributed by atoms with Crippen molar-refractivity contribution in [2.75, 3.05) is 7.11 Å². The van der Waals surface area contributed by atoms with E-state index in [1.807, 2.05) is 0 Å². The first-order valence-corrected chi connectivity index (χ1v) is 7.86. The molecule has 102 valence electrons. The second-order valence-corrected chi connectivity index (χ2v) is 6.74. The van der Waals surface area contributed by atoms with Gasteiger partial charge in [-0.1, -0.05) is 12.1 Å². The third kappa shape index (κ3) is 2.52. The molecule has 0 radical (unpaired) electrons. The summed E-state index contributed by atoms with van der Waals surface area (Å²) in [5.74, 6) is 0.185. The number of piperidine rings is 1. The summed E-state index contributed by atoms with van der Waals surface area (Å²) in [7, 11) is 1.50. The van der Waals surface area contributed by atoms with Gasteiger partial charge in [-0.25, -0.2) is 0 Å². The van der Waals surface area contributed by atoms with Crippen LogP contribution in [-0.2, 0) is 9.53 Å². The van der Waals surface area contributed by atoms with Gasteiger partial charge in [-0.2, -0.15) is 0 Å². The van der Waals surface area contributed by atoms with E-state index in [-0.39, 0.29) is 17.9 Å². The molecule has 0 aliphatic carbocycles. The Kier molecular flexibility index (Phi) is 3.80. The Balaban J connectivity index is 1.95. The van der Waals surface area contributed by atoms with Crippen LogP contribution in [0, 0.1) is 9.49 Å². The van der Waals surface area contributed by atoms with Crippen LogP contribution in [-0.4, -0.2) is 25.2 Å². The number of nitrogens with one attached hydrogen (secondary N) is 1. The van der Waals surface area contributed by atoms with Crippen molar-refractivity contribution < 1.29 is 9.53 Å². The number of carbonyl (C=O) groups excluding carboxylic acids is 1. The van der Waals surface area contributed by atoms with E-state index < -0.39 is 0 Å². The SMILES string of the molecule is COC(=O)C1C2CC[C@H](C[C@@H]1c1cccc(I)c1)N2. The normalized spacial score (nSPS) is 33.2. The molecule has 3 nitrogen and oxygen atoms in total. The van der Waals surface area contributed by atoms with Crippen molar-refractivity contribution in [1.29, 1.82) is 0 Å². The maximum atomic E-state index is 12.2. The summed E-state index contributed by atoms with van der Waals surface area (Å²) in [4.78, 5) is 12.2. The molecular formula is C15H18INO2. The van der Waals surface area contributed by atoms with Gasteiger partial charge >= 0.3 is 5.97 Å². The Bertz CT molecular complexity index is 491. The highest BCUT2D eigenvalue weighted by Crippen LogP contribution is 2.42. The molecule has 2 aliphatic rings. The van der Waals surface area contributed by atoms with Gasteiger partial charge in [0.15, 0.2) is 0 Å². The quantitative estimate of drug-likeness (QED) is 0.642. The van der Waals surface area contributed by atoms with Crippen LogP contribution in [0.3, 0.4) is 0 Å². The highest BCUT2D eigenvalue weighted by atomic mass is 127. The molecule has 0 saturated carbocycles. The number of esters is 1. The molecular weight excluding hydrogens is 353 g/mol. The monoisotopic (exact) mass is 371 g/mol. The third-order valence-electron chi connectivity index (χ3n) is 4.43. The van der Waals surface area contributed by atoms with Gasteiger partial charge in [-0.05, 0) is 59.5 Å². The highest BCUT2D eigenvalue weighted by Gasteiger charge is 2.46. The topological polar surface area (TPSA) is 38.3 Å². The van der Waals surface area contributed by atoms with Crippen LogP contribution in [0.5, 0.6) is 0 Å². The Morgan fingerprint density at radius 3 is 3.00 bits per heavy atom. The molecule has 1 N–H and O–H groups in total. The zero-order valence-electron chi connectivity index (χ0n) is 10.9. The molecule has 0 spiro atoms. The Hall–Kier alpha value is -0.620. The molecule has 2 heterocycles. The smallest absolute Gasteiger partial charge is 0.310 e. The van der Waals surface area contributed by atoms with Crippen LogP contribution < -0.4 is 5.32 Å². The van der Waals surface area contributed by atoms with Crippen molar-refractivity contribution in [2.45, 2.75) is 37.3 Å². The molecule has 1 aromatic carbocycles. The number of rotatable bonds is 2. The molecule has 2 aliphatic heterocycles. The van der Waals surface area contributed by atoms with Crippen LogP contribution in [0.25, 0.3) is 0 Å². The summed E-state index contributed by atoms with van der Waals surface area (Å²) < 4.78 is 6.27. The van der Waals surface area contributed by atoms with E-state index in [1.165, 1.54) is 22.7 Å². The van der Waals surface area contributed by atoms with Crippen molar-refractivity contribution in [3.05, 3.63) is 33.4 Å². The van der Waals surface area contributed by atoms with Crippen LogP contribution in [0.1, 0.15) is 30.7 Å². The number of methoxy groups -OCH3 is 1. The Labute approximate surface area is 127 Å². The van der Waals surface area contributed by atoms with Gasteiger partial charge in [-0.15, -0.1) is 0 Å². The van der Waals surface area contributed by atoms with Gasteiger partial charge in [0.1, 0.15) is 0 Å². The van der Waals surface area contributed by atoms with Crippen molar-refractivity contribution in [3.8, 4) is 0 Å². The summed E-state index contributed by atoms with van der Waals surface area (Å²) in [6.45, 7) is 0. The second-order valence-electron chi connectivity index (χ2n) is 5.49. The average molecular weight is 371 g/mol. The van der Waals surface area contributed by atoms with Gasteiger partial charge < -0.3 is 10.1 Å². The summed E-state index contributed by atoms with van der Waals surface area (Å²) in [6, 6.07) is 9.37. The fourth-order valence-corrected chi connectivity index (χ4v) is 4.17. The van der Waals surface area contributed by atoms with E-state index >= 15 is 0 Å². The zero-order valence-corrected chi connectivity index (χ0v) is 13.1. The molecule has 0 aromatic heterocycles. The number of fused-ring (bicyclic) bond motifs is 2. The first-order valence-electron chi connectivity index (χ1n) is 6.78. The van der Waals surface area contributed by atoms with E-state index in [0.717, 1.165) is 12.8 Å².